The van der Waals surface area contributed by atoms with E-state index in [0.29, 0.717) is 11.6 Å². The predicted molar refractivity (Wildman–Crippen MR) is 311 cm³/mol. The maximum Gasteiger partial charge on any atom is 0.306 e. The van der Waals surface area contributed by atoms with Crippen molar-refractivity contribution in [3.05, 3.63) is 153 Å². The van der Waals surface area contributed by atoms with E-state index in [9.17, 15) is 49.9 Å². The molecule has 25 heteroatoms. The summed E-state index contributed by atoms with van der Waals surface area (Å²) in [5, 5.41) is 18.0. The molecule has 4 aromatic heterocycles. The van der Waals surface area contributed by atoms with Crippen molar-refractivity contribution in [1.29, 1.82) is 0 Å². The number of carboxylic acid groups (broad SMARTS) is 1. The van der Waals surface area contributed by atoms with Crippen LogP contribution in [0.2, 0.25) is 0 Å². The number of ether oxygens (including phenoxy) is 1. The van der Waals surface area contributed by atoms with E-state index in [0.717, 1.165) is 57.9 Å². The van der Waals surface area contributed by atoms with Gasteiger partial charge in [0.25, 0.3) is 11.8 Å². The first-order chi connectivity index (χ1) is 39.9. The number of halogens is 9. The molecule has 8 aromatic rings. The van der Waals surface area contributed by atoms with Gasteiger partial charge in [0.15, 0.2) is 57.6 Å². The predicted octanol–water partition coefficient (Wildman–Crippen LogP) is 12.0. The number of nitrogens with zero attached hydrogens (tertiary/aromatic N) is 10. The summed E-state index contributed by atoms with van der Waals surface area (Å²) in [6.07, 6.45) is -2.82. The normalized spacial score (nSPS) is 16.8. The third-order valence-electron chi connectivity index (χ3n) is 15.1. The Morgan fingerprint density at radius 1 is 0.588 bits per heavy atom. The van der Waals surface area contributed by atoms with E-state index in [-0.39, 0.29) is 128 Å². The van der Waals surface area contributed by atoms with Gasteiger partial charge in [0.1, 0.15) is 24.0 Å². The lowest BCUT2D eigenvalue weighted by Crippen LogP contribution is -2.45. The standard InChI is InChI=1S/C31H31F4N5O3.C29H27F4N5O3.HI/c1-5-43-28(41)13-19-9-10-39(16-23(19)34)31(42)25-14-26-36-24(20-11-21(32)29(35)22(33)12-20)15-27(40(26)37-25)38(4)30-17(2)7-6-8-18(30)3;1-15-5-4-6-16(2)28(15)36(3)25-13-22(18-9-19(30)27(33)20(31)10-18)34-24-12-23(35-38(24)25)29(41)37-8-7-17(11-26(39)40)21(32)14-37;/h6-8,11-12,14-15,19,23H,5,9-10,13,16H2,1-4H3;4-6,9-10,12-13,17,21H,7-8,11,14H2,1-3H3,(H,39,40);1H/t19-,23-;17-,21-;/m00./s1. The van der Waals surface area contributed by atoms with Crippen LogP contribution < -0.4 is 9.80 Å². The van der Waals surface area contributed by atoms with Gasteiger partial charge in [0.2, 0.25) is 0 Å². The molecule has 4 aromatic carbocycles. The van der Waals surface area contributed by atoms with Crippen molar-refractivity contribution in [2.24, 2.45) is 11.8 Å². The Morgan fingerprint density at radius 2 is 0.953 bits per heavy atom. The zero-order valence-electron chi connectivity index (χ0n) is 47.1. The van der Waals surface area contributed by atoms with Crippen LogP contribution in [0.1, 0.15) is 75.8 Å². The molecule has 85 heavy (non-hydrogen) atoms. The van der Waals surface area contributed by atoms with Crippen molar-refractivity contribution in [3.8, 4) is 22.5 Å². The Hall–Kier alpha value is -8.23. The van der Waals surface area contributed by atoms with Gasteiger partial charge in [-0.05, 0) is 94.0 Å². The summed E-state index contributed by atoms with van der Waals surface area (Å²) < 4.78 is 122. The number of hydrogen-bond acceptors (Lipinski definition) is 11. The lowest BCUT2D eigenvalue weighted by atomic mass is 9.91. The number of aliphatic carboxylic acids is 1. The summed E-state index contributed by atoms with van der Waals surface area (Å²) in [6.45, 7) is 9.49. The summed E-state index contributed by atoms with van der Waals surface area (Å²) in [6, 6.07) is 20.8. The van der Waals surface area contributed by atoms with E-state index in [1.54, 1.807) is 32.0 Å². The van der Waals surface area contributed by atoms with Gasteiger partial charge in [-0.2, -0.15) is 19.2 Å². The maximum atomic E-state index is 15.0. The van der Waals surface area contributed by atoms with E-state index in [4.69, 9.17) is 9.84 Å². The van der Waals surface area contributed by atoms with E-state index in [2.05, 4.69) is 20.2 Å². The van der Waals surface area contributed by atoms with Crippen molar-refractivity contribution in [1.82, 2.24) is 39.0 Å². The van der Waals surface area contributed by atoms with Gasteiger partial charge in [-0.1, -0.05) is 36.4 Å². The number of carbonyl (C=O) groups is 4. The number of rotatable bonds is 13. The Morgan fingerprint density at radius 3 is 1.29 bits per heavy atom. The highest BCUT2D eigenvalue weighted by molar-refractivity contribution is 14.0. The highest BCUT2D eigenvalue weighted by Gasteiger charge is 2.36. The molecule has 0 unspecified atom stereocenters. The minimum absolute atomic E-state index is 0. The maximum absolute atomic E-state index is 15.0. The summed E-state index contributed by atoms with van der Waals surface area (Å²) in [7, 11) is 3.55. The average molecular weight is 1300 g/mol. The second-order valence-electron chi connectivity index (χ2n) is 20.9. The summed E-state index contributed by atoms with van der Waals surface area (Å²) in [5.74, 6) is -11.7. The smallest absolute Gasteiger partial charge is 0.306 e. The Labute approximate surface area is 500 Å². The van der Waals surface area contributed by atoms with Gasteiger partial charge in [-0.15, -0.1) is 24.0 Å². The number of aromatic nitrogens is 6. The topological polar surface area (TPSA) is 171 Å². The van der Waals surface area contributed by atoms with Crippen LogP contribution in [0, 0.1) is 74.4 Å². The molecule has 2 saturated heterocycles. The number of carbonyl (C=O) groups excluding carboxylic acids is 3. The summed E-state index contributed by atoms with van der Waals surface area (Å²) in [5.41, 5.74) is 5.93. The molecule has 1 N–H and O–H groups in total. The van der Waals surface area contributed by atoms with E-state index in [1.165, 1.54) is 37.0 Å². The lowest BCUT2D eigenvalue weighted by Gasteiger charge is -2.33. The zero-order valence-corrected chi connectivity index (χ0v) is 49.5. The molecular formula is C60H59F8IN10O6. The summed E-state index contributed by atoms with van der Waals surface area (Å²) >= 11 is 0. The van der Waals surface area contributed by atoms with Crippen LogP contribution >= 0.6 is 24.0 Å². The molecule has 2 amide bonds. The van der Waals surface area contributed by atoms with Crippen LogP contribution in [-0.4, -0.2) is 127 Å². The van der Waals surface area contributed by atoms with Crippen molar-refractivity contribution < 1.29 is 64.1 Å². The Balaban J connectivity index is 0.000000219. The van der Waals surface area contributed by atoms with Gasteiger partial charge >= 0.3 is 11.9 Å². The Bertz CT molecular complexity index is 3800. The van der Waals surface area contributed by atoms with Gasteiger partial charge in [-0.25, -0.2) is 45.1 Å². The number of alkyl halides is 2. The minimum atomic E-state index is -1.60. The molecule has 0 saturated carbocycles. The molecule has 448 valence electrons. The lowest BCUT2D eigenvalue weighted by molar-refractivity contribution is -0.145. The SMILES string of the molecule is CCOC(=O)C[C@@H]1CCN(C(=O)c2cc3nc(-c4cc(F)c(F)c(F)c4)cc(N(C)c4c(C)cccc4C)n3n2)C[C@@H]1F.Cc1cccc(C)c1N(C)c1cc(-c2cc(F)c(F)c(F)c2)nc2cc(C(=O)N3CC[C@@H](CC(=O)O)[C@@H](F)C3)nn12.I. The molecule has 0 bridgehead atoms. The number of likely N-dealkylation sites (tertiary alicyclic amines) is 2. The number of piperidine rings is 2. The van der Waals surface area contributed by atoms with Crippen molar-refractivity contribution >= 4 is 82.0 Å². The van der Waals surface area contributed by atoms with Crippen molar-refractivity contribution in [2.75, 3.05) is 56.7 Å². The number of benzene rings is 4. The van der Waals surface area contributed by atoms with E-state index >= 15 is 4.39 Å². The van der Waals surface area contributed by atoms with E-state index in [1.807, 2.05) is 69.0 Å². The number of aryl methyl sites for hydroxylation is 4. The number of anilines is 4. The third-order valence-corrected chi connectivity index (χ3v) is 15.1. The van der Waals surface area contributed by atoms with Gasteiger partial charge in [0.05, 0.1) is 43.9 Å². The second kappa shape index (κ2) is 25.9. The largest absolute Gasteiger partial charge is 0.481 e. The second-order valence-corrected chi connectivity index (χ2v) is 20.9. The molecule has 10 rings (SSSR count). The van der Waals surface area contributed by atoms with Crippen LogP contribution in [0.5, 0.6) is 0 Å². The van der Waals surface area contributed by atoms with Crippen LogP contribution in [0.25, 0.3) is 33.8 Å². The molecule has 0 aliphatic carbocycles. The van der Waals surface area contributed by atoms with Crippen molar-refractivity contribution in [2.45, 2.75) is 72.6 Å². The van der Waals surface area contributed by atoms with Crippen LogP contribution in [-0.2, 0) is 14.3 Å². The third kappa shape index (κ3) is 13.2. The first-order valence-electron chi connectivity index (χ1n) is 26.9. The van der Waals surface area contributed by atoms with Crippen LogP contribution in [0.15, 0.2) is 84.9 Å². The number of para-hydroxylation sites is 2. The number of fused-ring (bicyclic) bond motifs is 2. The molecule has 16 nitrogen and oxygen atoms in total. The molecule has 2 aliphatic rings. The minimum Gasteiger partial charge on any atom is -0.481 e. The molecule has 0 radical (unpaired) electrons. The fraction of sp³-hybridized carbons (Fsp3) is 0.333. The highest BCUT2D eigenvalue weighted by atomic mass is 127. The molecule has 2 fully saturated rings. The highest BCUT2D eigenvalue weighted by Crippen LogP contribution is 2.37. The number of amides is 2. The van der Waals surface area contributed by atoms with Crippen LogP contribution in [0.3, 0.4) is 0 Å². The number of carboxylic acids is 1. The molecule has 6 heterocycles. The number of hydrogen-bond donors (Lipinski definition) is 1. The first kappa shape index (κ1) is 62.8. The molecular weight excluding hydrogens is 1240 g/mol. The fourth-order valence-electron chi connectivity index (χ4n) is 10.9. The van der Waals surface area contributed by atoms with Crippen molar-refractivity contribution in [3.63, 3.8) is 0 Å². The van der Waals surface area contributed by atoms with Crippen LogP contribution in [0.4, 0.5) is 58.1 Å². The van der Waals surface area contributed by atoms with E-state index < -0.39 is 82.8 Å². The quantitative estimate of drug-likeness (QED) is 0.0502. The zero-order chi connectivity index (χ0) is 60.6. The average Bonchev–Trinajstić information content (AvgIpc) is 1.92. The van der Waals surface area contributed by atoms with Gasteiger partial charge < -0.3 is 29.4 Å². The molecule has 2 aliphatic heterocycles. The van der Waals surface area contributed by atoms with Gasteiger partial charge in [-0.3, -0.25) is 19.2 Å². The number of esters is 1. The first-order valence-corrected chi connectivity index (χ1v) is 26.9. The van der Waals surface area contributed by atoms with Gasteiger partial charge in [0, 0.05) is 85.8 Å². The monoisotopic (exact) mass is 1290 g/mol. The molecule has 4 atom stereocenters. The fourth-order valence-corrected chi connectivity index (χ4v) is 10.9. The summed E-state index contributed by atoms with van der Waals surface area (Å²) in [4.78, 5) is 64.9. The Kier molecular flexibility index (Phi) is 19.2. The molecule has 0 spiro atoms.